The zero-order valence-corrected chi connectivity index (χ0v) is 12.9. The fourth-order valence-corrected chi connectivity index (χ4v) is 2.25. The monoisotopic (exact) mass is 284 g/mol. The molecule has 0 aliphatic carbocycles. The molecule has 0 N–H and O–H groups in total. The first-order valence-electron chi connectivity index (χ1n) is 6.38. The van der Waals surface area contributed by atoms with Crippen molar-refractivity contribution in [2.24, 2.45) is 0 Å². The van der Waals surface area contributed by atoms with Gasteiger partial charge >= 0.3 is 5.97 Å². The molecule has 0 saturated heterocycles. The first-order chi connectivity index (χ1) is 8.85. The van der Waals surface area contributed by atoms with E-state index in [9.17, 15) is 4.79 Å². The standard InChI is InChI=1S/C15H21ClO3/c1-9(2)12-8-14(10(3)6-13(12)16)19-11(4)7-15(17)18-5/h6,8-9,11H,7H2,1-5H3. The van der Waals surface area contributed by atoms with Crippen LogP contribution in [-0.4, -0.2) is 19.2 Å². The molecule has 19 heavy (non-hydrogen) atoms. The van der Waals surface area contributed by atoms with Gasteiger partial charge in [-0.05, 0) is 43.0 Å². The van der Waals surface area contributed by atoms with Crippen LogP contribution in [-0.2, 0) is 9.53 Å². The molecule has 106 valence electrons. The fraction of sp³-hybridized carbons (Fsp3) is 0.533. The normalized spacial score (nSPS) is 12.4. The van der Waals surface area contributed by atoms with Crippen molar-refractivity contribution in [3.8, 4) is 5.75 Å². The van der Waals surface area contributed by atoms with Crippen LogP contribution in [0, 0.1) is 6.92 Å². The summed E-state index contributed by atoms with van der Waals surface area (Å²) in [5.41, 5.74) is 2.01. The largest absolute Gasteiger partial charge is 0.490 e. The Balaban J connectivity index is 2.88. The van der Waals surface area contributed by atoms with Gasteiger partial charge in [-0.2, -0.15) is 0 Å². The molecule has 0 bridgehead atoms. The number of halogens is 1. The lowest BCUT2D eigenvalue weighted by Gasteiger charge is -2.18. The Kier molecular flexibility index (Phi) is 5.67. The summed E-state index contributed by atoms with van der Waals surface area (Å²) in [7, 11) is 1.37. The minimum Gasteiger partial charge on any atom is -0.490 e. The third kappa shape index (κ3) is 4.43. The minimum absolute atomic E-state index is 0.229. The lowest BCUT2D eigenvalue weighted by atomic mass is 10.0. The Bertz CT molecular complexity index is 455. The van der Waals surface area contributed by atoms with Crippen LogP contribution in [0.1, 0.15) is 44.2 Å². The fourth-order valence-electron chi connectivity index (χ4n) is 1.81. The van der Waals surface area contributed by atoms with E-state index in [-0.39, 0.29) is 18.5 Å². The van der Waals surface area contributed by atoms with Crippen molar-refractivity contribution in [1.82, 2.24) is 0 Å². The average molecular weight is 285 g/mol. The van der Waals surface area contributed by atoms with E-state index in [0.717, 1.165) is 21.9 Å². The van der Waals surface area contributed by atoms with Gasteiger partial charge in [0.25, 0.3) is 0 Å². The molecule has 1 aromatic carbocycles. The molecule has 1 aromatic rings. The van der Waals surface area contributed by atoms with Crippen molar-refractivity contribution in [1.29, 1.82) is 0 Å². The zero-order valence-electron chi connectivity index (χ0n) is 12.1. The molecule has 1 atom stereocenters. The molecule has 0 radical (unpaired) electrons. The van der Waals surface area contributed by atoms with Gasteiger partial charge in [0.05, 0.1) is 13.5 Å². The van der Waals surface area contributed by atoms with Gasteiger partial charge < -0.3 is 9.47 Å². The van der Waals surface area contributed by atoms with Crippen molar-refractivity contribution >= 4 is 17.6 Å². The van der Waals surface area contributed by atoms with Crippen molar-refractivity contribution < 1.29 is 14.3 Å². The quantitative estimate of drug-likeness (QED) is 0.764. The summed E-state index contributed by atoms with van der Waals surface area (Å²) in [6.45, 7) is 7.95. The van der Waals surface area contributed by atoms with Gasteiger partial charge in [0, 0.05) is 5.02 Å². The Hall–Kier alpha value is -1.22. The Labute approximate surface area is 119 Å². The highest BCUT2D eigenvalue weighted by molar-refractivity contribution is 6.31. The SMILES string of the molecule is COC(=O)CC(C)Oc1cc(C(C)C)c(Cl)cc1C. The van der Waals surface area contributed by atoms with Gasteiger partial charge in [0.2, 0.25) is 0 Å². The predicted molar refractivity (Wildman–Crippen MR) is 77.0 cm³/mol. The van der Waals surface area contributed by atoms with Gasteiger partial charge in [-0.15, -0.1) is 0 Å². The summed E-state index contributed by atoms with van der Waals surface area (Å²) in [6, 6.07) is 3.85. The van der Waals surface area contributed by atoms with Crippen LogP contribution in [0.15, 0.2) is 12.1 Å². The summed E-state index contributed by atoms with van der Waals surface area (Å²) in [5.74, 6) is 0.819. The van der Waals surface area contributed by atoms with Crippen molar-refractivity contribution in [2.75, 3.05) is 7.11 Å². The van der Waals surface area contributed by atoms with Crippen LogP contribution in [0.4, 0.5) is 0 Å². The van der Waals surface area contributed by atoms with E-state index in [1.807, 2.05) is 26.0 Å². The van der Waals surface area contributed by atoms with E-state index in [4.69, 9.17) is 16.3 Å². The number of hydrogen-bond donors (Lipinski definition) is 0. The van der Waals surface area contributed by atoms with Crippen LogP contribution in [0.5, 0.6) is 5.75 Å². The molecule has 0 aliphatic heterocycles. The van der Waals surface area contributed by atoms with Crippen molar-refractivity contribution in [2.45, 2.75) is 46.1 Å². The molecular weight excluding hydrogens is 264 g/mol. The molecule has 1 rings (SSSR count). The average Bonchev–Trinajstić information content (AvgIpc) is 2.31. The summed E-state index contributed by atoms with van der Waals surface area (Å²) in [5, 5.41) is 0.750. The first kappa shape index (κ1) is 15.8. The smallest absolute Gasteiger partial charge is 0.309 e. The minimum atomic E-state index is -0.275. The van der Waals surface area contributed by atoms with Crippen LogP contribution in [0.3, 0.4) is 0 Å². The van der Waals surface area contributed by atoms with Crippen LogP contribution in [0.2, 0.25) is 5.02 Å². The molecule has 3 nitrogen and oxygen atoms in total. The highest BCUT2D eigenvalue weighted by Gasteiger charge is 2.14. The molecule has 0 saturated carbocycles. The van der Waals surface area contributed by atoms with Crippen molar-refractivity contribution in [3.05, 3.63) is 28.3 Å². The van der Waals surface area contributed by atoms with Crippen LogP contribution in [0.25, 0.3) is 0 Å². The Morgan fingerprint density at radius 1 is 1.32 bits per heavy atom. The lowest BCUT2D eigenvalue weighted by Crippen LogP contribution is -2.18. The number of benzene rings is 1. The van der Waals surface area contributed by atoms with E-state index in [1.54, 1.807) is 0 Å². The van der Waals surface area contributed by atoms with Gasteiger partial charge in [-0.1, -0.05) is 25.4 Å². The van der Waals surface area contributed by atoms with Crippen LogP contribution < -0.4 is 4.74 Å². The van der Waals surface area contributed by atoms with Gasteiger partial charge in [0.15, 0.2) is 0 Å². The van der Waals surface area contributed by atoms with Gasteiger partial charge in [-0.3, -0.25) is 4.79 Å². The Morgan fingerprint density at radius 2 is 1.95 bits per heavy atom. The summed E-state index contributed by atoms with van der Waals surface area (Å²) in [4.78, 5) is 11.2. The molecule has 0 amide bonds. The van der Waals surface area contributed by atoms with Gasteiger partial charge in [0.1, 0.15) is 11.9 Å². The van der Waals surface area contributed by atoms with E-state index < -0.39 is 0 Å². The topological polar surface area (TPSA) is 35.5 Å². The second-order valence-electron chi connectivity index (χ2n) is 5.00. The van der Waals surface area contributed by atoms with Gasteiger partial charge in [-0.25, -0.2) is 0 Å². The number of ether oxygens (including phenoxy) is 2. The third-order valence-corrected chi connectivity index (χ3v) is 3.25. The molecule has 0 aliphatic rings. The van der Waals surface area contributed by atoms with E-state index >= 15 is 0 Å². The van der Waals surface area contributed by atoms with E-state index in [0.29, 0.717) is 5.92 Å². The maximum atomic E-state index is 11.2. The number of aryl methyl sites for hydroxylation is 1. The molecule has 1 unspecified atom stereocenters. The molecular formula is C15H21ClO3. The Morgan fingerprint density at radius 3 is 2.47 bits per heavy atom. The molecule has 0 heterocycles. The molecule has 0 aromatic heterocycles. The molecule has 0 fully saturated rings. The number of esters is 1. The number of hydrogen-bond acceptors (Lipinski definition) is 3. The highest BCUT2D eigenvalue weighted by atomic mass is 35.5. The highest BCUT2D eigenvalue weighted by Crippen LogP contribution is 2.32. The lowest BCUT2D eigenvalue weighted by molar-refractivity contribution is -0.142. The van der Waals surface area contributed by atoms with Crippen LogP contribution >= 0.6 is 11.6 Å². The first-order valence-corrected chi connectivity index (χ1v) is 6.76. The summed E-state index contributed by atoms with van der Waals surface area (Å²) in [6.07, 6.45) is 0.00241. The maximum absolute atomic E-state index is 11.2. The van der Waals surface area contributed by atoms with E-state index in [1.165, 1.54) is 7.11 Å². The number of carbonyl (C=O) groups excluding carboxylic acids is 1. The van der Waals surface area contributed by atoms with Crippen molar-refractivity contribution in [3.63, 3.8) is 0 Å². The third-order valence-electron chi connectivity index (χ3n) is 2.93. The second kappa shape index (κ2) is 6.80. The predicted octanol–water partition coefficient (Wildman–Crippen LogP) is 4.10. The molecule has 4 heteroatoms. The number of rotatable bonds is 5. The van der Waals surface area contributed by atoms with E-state index in [2.05, 4.69) is 18.6 Å². The summed E-state index contributed by atoms with van der Waals surface area (Å²) >= 11 is 6.21. The summed E-state index contributed by atoms with van der Waals surface area (Å²) < 4.78 is 10.4. The zero-order chi connectivity index (χ0) is 14.6. The molecule has 0 spiro atoms. The number of carbonyl (C=O) groups is 1. The maximum Gasteiger partial charge on any atom is 0.309 e. The second-order valence-corrected chi connectivity index (χ2v) is 5.41. The number of methoxy groups -OCH3 is 1.